The van der Waals surface area contributed by atoms with Crippen molar-refractivity contribution in [1.29, 1.82) is 5.26 Å². The van der Waals surface area contributed by atoms with Crippen molar-refractivity contribution in [3.8, 4) is 6.07 Å². The molecule has 4 fully saturated rings. The molecule has 6 rings (SSSR count). The van der Waals surface area contributed by atoms with Gasteiger partial charge in [-0.2, -0.15) is 5.26 Å². The number of ketones is 1. The lowest BCUT2D eigenvalue weighted by Crippen LogP contribution is -2.69. The topological polar surface area (TPSA) is 95.2 Å². The Morgan fingerprint density at radius 1 is 0.907 bits per heavy atom. The Morgan fingerprint density at radius 2 is 1.56 bits per heavy atom. The van der Waals surface area contributed by atoms with E-state index in [1.54, 1.807) is 24.3 Å². The number of nitriles is 1. The Bertz CT molecular complexity index is 1500. The molecule has 0 amide bonds. The number of carbonyl (C=O) groups is 1. The number of allylic oxidation sites excluding steroid dienone is 1. The lowest BCUT2D eigenvalue weighted by Gasteiger charge is -2.72. The monoisotopic (exact) mass is 605 g/mol. The summed E-state index contributed by atoms with van der Waals surface area (Å²) < 4.78 is 27.9. The Balaban J connectivity index is 1.44. The van der Waals surface area contributed by atoms with Crippen LogP contribution in [-0.2, 0) is 14.6 Å². The van der Waals surface area contributed by atoms with Crippen LogP contribution in [0.4, 0.5) is 0 Å². The highest BCUT2D eigenvalue weighted by atomic mass is 32.2. The first-order valence-corrected chi connectivity index (χ1v) is 18.1. The van der Waals surface area contributed by atoms with E-state index in [-0.39, 0.29) is 51.1 Å². The fourth-order valence-electron chi connectivity index (χ4n) is 11.9. The van der Waals surface area contributed by atoms with Gasteiger partial charge in [-0.25, -0.2) is 8.42 Å². The van der Waals surface area contributed by atoms with Crippen molar-refractivity contribution in [3.05, 3.63) is 42.0 Å². The largest absolute Gasteiger partial charge is 0.387 e. The highest BCUT2D eigenvalue weighted by molar-refractivity contribution is 7.91. The molecule has 43 heavy (non-hydrogen) atoms. The Morgan fingerprint density at radius 3 is 2.21 bits per heavy atom. The third-order valence-corrected chi connectivity index (χ3v) is 16.4. The predicted octanol–water partition coefficient (Wildman–Crippen LogP) is 7.55. The number of hydrogen-bond donors (Lipinski definition) is 1. The van der Waals surface area contributed by atoms with Crippen LogP contribution < -0.4 is 0 Å². The van der Waals surface area contributed by atoms with Crippen LogP contribution in [0.15, 0.2) is 46.9 Å². The summed E-state index contributed by atoms with van der Waals surface area (Å²) in [6, 6.07) is 11.2. The third kappa shape index (κ3) is 4.23. The first-order valence-electron chi connectivity index (χ1n) is 16.5. The average Bonchev–Trinajstić information content (AvgIpc) is 2.93. The van der Waals surface area contributed by atoms with Crippen molar-refractivity contribution >= 4 is 15.6 Å². The molecule has 0 bridgehead atoms. The van der Waals surface area contributed by atoms with Gasteiger partial charge in [0.15, 0.2) is 9.84 Å². The Hall–Kier alpha value is -1.97. The lowest BCUT2D eigenvalue weighted by molar-refractivity contribution is -0.225. The minimum atomic E-state index is -3.52. The summed E-state index contributed by atoms with van der Waals surface area (Å²) in [5.74, 6) is 0.510. The van der Waals surface area contributed by atoms with Crippen molar-refractivity contribution in [2.75, 3.05) is 5.75 Å². The maximum atomic E-state index is 14.8. The van der Waals surface area contributed by atoms with Crippen LogP contribution >= 0.6 is 0 Å². The Kier molecular flexibility index (Phi) is 6.87. The molecule has 0 saturated heterocycles. The molecule has 1 aromatic rings. The number of Topliss-reactive ketones (excluding diaryl/α,β-unsaturated/α-hetero) is 1. The zero-order chi connectivity index (χ0) is 31.4. The fraction of sp³-hybridized carbons (Fsp3) is 0.730. The molecule has 5 aliphatic carbocycles. The normalized spacial score (nSPS) is 45.0. The number of aliphatic hydroxyl groups is 1. The number of carbonyl (C=O) groups excluding carboxylic acids is 1. The van der Waals surface area contributed by atoms with Crippen LogP contribution in [0.25, 0.3) is 0 Å². The molecule has 9 atom stereocenters. The van der Waals surface area contributed by atoms with E-state index in [1.807, 2.05) is 6.07 Å². The molecule has 4 saturated carbocycles. The smallest absolute Gasteiger partial charge is 0.178 e. The van der Waals surface area contributed by atoms with Gasteiger partial charge < -0.3 is 5.11 Å². The summed E-state index contributed by atoms with van der Waals surface area (Å²) in [6.07, 6.45) is 8.01. The van der Waals surface area contributed by atoms with Gasteiger partial charge in [-0.05, 0) is 107 Å². The van der Waals surface area contributed by atoms with Crippen LogP contribution in [0.5, 0.6) is 0 Å². The first kappa shape index (κ1) is 31.0. The molecule has 234 valence electrons. The zero-order valence-corrected chi connectivity index (χ0v) is 28.1. The molecule has 1 aromatic carbocycles. The summed E-state index contributed by atoms with van der Waals surface area (Å²) in [4.78, 5) is 15.2. The highest BCUT2D eigenvalue weighted by Gasteiger charge is 2.72. The minimum Gasteiger partial charge on any atom is -0.387 e. The van der Waals surface area contributed by atoms with Gasteiger partial charge in [0, 0.05) is 12.3 Å². The van der Waals surface area contributed by atoms with Gasteiger partial charge in [-0.1, -0.05) is 72.7 Å². The third-order valence-electron chi connectivity index (χ3n) is 14.4. The molecular formula is C37H51NO4S. The summed E-state index contributed by atoms with van der Waals surface area (Å²) in [6.45, 7) is 15.8. The van der Waals surface area contributed by atoms with Gasteiger partial charge in [0.05, 0.1) is 28.4 Å². The van der Waals surface area contributed by atoms with Crippen LogP contribution in [0, 0.1) is 67.5 Å². The molecule has 0 spiro atoms. The number of aliphatic hydroxyl groups excluding tert-OH is 1. The van der Waals surface area contributed by atoms with E-state index >= 15 is 0 Å². The molecule has 0 radical (unpaired) electrons. The summed E-state index contributed by atoms with van der Waals surface area (Å²) in [7, 11) is -3.52. The molecule has 1 N–H and O–H groups in total. The second-order valence-electron chi connectivity index (χ2n) is 17.3. The van der Waals surface area contributed by atoms with Gasteiger partial charge in [0.2, 0.25) is 0 Å². The van der Waals surface area contributed by atoms with Crippen molar-refractivity contribution in [2.24, 2.45) is 56.2 Å². The van der Waals surface area contributed by atoms with E-state index in [4.69, 9.17) is 0 Å². The number of fused-ring (bicyclic) bond motifs is 7. The quantitative estimate of drug-likeness (QED) is 0.384. The number of sulfone groups is 1. The molecule has 0 heterocycles. The second kappa shape index (κ2) is 9.52. The van der Waals surface area contributed by atoms with Gasteiger partial charge >= 0.3 is 0 Å². The number of rotatable bonds is 3. The molecule has 5 nitrogen and oxygen atoms in total. The number of nitrogens with zero attached hydrogens (tertiary/aromatic N) is 1. The molecule has 5 aliphatic rings. The molecule has 1 unspecified atom stereocenters. The summed E-state index contributed by atoms with van der Waals surface area (Å²) in [5, 5.41) is 21.2. The van der Waals surface area contributed by atoms with Gasteiger partial charge in [-0.15, -0.1) is 0 Å². The van der Waals surface area contributed by atoms with E-state index < -0.39 is 26.8 Å². The van der Waals surface area contributed by atoms with Crippen LogP contribution in [-0.4, -0.2) is 31.2 Å². The highest BCUT2D eigenvalue weighted by Crippen LogP contribution is 2.76. The van der Waals surface area contributed by atoms with Gasteiger partial charge in [-0.3, -0.25) is 4.79 Å². The van der Waals surface area contributed by atoms with E-state index in [0.717, 1.165) is 44.9 Å². The summed E-state index contributed by atoms with van der Waals surface area (Å²) >= 11 is 0. The van der Waals surface area contributed by atoms with Crippen LogP contribution in [0.2, 0.25) is 0 Å². The first-order chi connectivity index (χ1) is 19.9. The van der Waals surface area contributed by atoms with Crippen LogP contribution in [0.1, 0.15) is 99.8 Å². The standard InChI is InChI=1S/C37H51NO4S/c1-32(2)15-17-37(23-43(41,42)25-11-9-8-10-12-25)18-16-36(7)30(26(37)21-32)27(39)19-29-34(5)20-24(22-38)31(40)33(3,4)28(34)13-14-35(29,36)6/h8-12,20,26,28-31,40H,13-19,21,23H2,1-7H3/t26-,28-,29+,30-,31?,34-,35+,36+,37+/m0/s1. The fourth-order valence-corrected chi connectivity index (χ4v) is 13.9. The average molecular weight is 606 g/mol. The molecule has 0 aromatic heterocycles. The van der Waals surface area contributed by atoms with Crippen molar-refractivity contribution in [3.63, 3.8) is 0 Å². The van der Waals surface area contributed by atoms with Crippen molar-refractivity contribution in [1.82, 2.24) is 0 Å². The maximum Gasteiger partial charge on any atom is 0.178 e. The minimum absolute atomic E-state index is 0.0270. The molecular weight excluding hydrogens is 554 g/mol. The van der Waals surface area contributed by atoms with Gasteiger partial charge in [0.25, 0.3) is 0 Å². The second-order valence-corrected chi connectivity index (χ2v) is 19.3. The number of benzene rings is 1. The molecule has 6 heteroatoms. The zero-order valence-electron chi connectivity index (χ0n) is 27.2. The Labute approximate surface area is 259 Å². The SMILES string of the molecule is CC1(C)CC[C@]2(CS(=O)(=O)c3ccccc3)CC[C@]3(C)[C@H](C(=O)C[C@@H]4[C@@]5(C)C=C(C#N)C(O)C(C)(C)[C@@H]5CC[C@]43C)[C@@H]2C1. The van der Waals surface area contributed by atoms with Gasteiger partial charge in [0.1, 0.15) is 5.78 Å². The molecule has 0 aliphatic heterocycles. The van der Waals surface area contributed by atoms with E-state index in [9.17, 15) is 23.6 Å². The predicted molar refractivity (Wildman–Crippen MR) is 168 cm³/mol. The van der Waals surface area contributed by atoms with Crippen LogP contribution in [0.3, 0.4) is 0 Å². The van der Waals surface area contributed by atoms with E-state index in [1.165, 1.54) is 0 Å². The van der Waals surface area contributed by atoms with E-state index in [2.05, 4.69) is 60.6 Å². The summed E-state index contributed by atoms with van der Waals surface area (Å²) in [5.41, 5.74) is -1.15. The van der Waals surface area contributed by atoms with Crippen molar-refractivity contribution < 1.29 is 18.3 Å². The van der Waals surface area contributed by atoms with E-state index in [0.29, 0.717) is 22.7 Å². The van der Waals surface area contributed by atoms with Crippen molar-refractivity contribution in [2.45, 2.75) is 111 Å². The lowest BCUT2D eigenvalue weighted by atomic mass is 9.31. The maximum absolute atomic E-state index is 14.8. The number of hydrogen-bond acceptors (Lipinski definition) is 5.